The van der Waals surface area contributed by atoms with E-state index in [1.807, 2.05) is 20.8 Å². The van der Waals surface area contributed by atoms with E-state index in [4.69, 9.17) is 17.3 Å². The molecule has 0 saturated heterocycles. The van der Waals surface area contributed by atoms with Crippen LogP contribution in [0.4, 0.5) is 5.69 Å². The molecule has 1 rings (SSSR count). The summed E-state index contributed by atoms with van der Waals surface area (Å²) in [5, 5.41) is 3.35. The molecule has 3 N–H and O–H groups in total. The number of amides is 1. The number of hydrogen-bond donors (Lipinski definition) is 2. The molecule has 1 aromatic carbocycles. The monoisotopic (exact) mass is 332 g/mol. The van der Waals surface area contributed by atoms with Crippen LogP contribution < -0.4 is 11.1 Å². The first kappa shape index (κ1) is 15.5. The number of halogens is 2. The second kappa shape index (κ2) is 6.04. The molecule has 0 aliphatic rings. The topological polar surface area (TPSA) is 55.1 Å². The molecule has 100 valence electrons. The van der Waals surface area contributed by atoms with Crippen LogP contribution in [0.3, 0.4) is 0 Å². The number of carbonyl (C=O) groups is 1. The van der Waals surface area contributed by atoms with Crippen LogP contribution in [0.2, 0.25) is 5.02 Å². The molecule has 0 saturated carbocycles. The quantitative estimate of drug-likeness (QED) is 0.884. The Labute approximate surface area is 121 Å². The molecular formula is C13H18BrClN2O. The van der Waals surface area contributed by atoms with Gasteiger partial charge in [0, 0.05) is 22.6 Å². The zero-order chi connectivity index (χ0) is 13.9. The zero-order valence-corrected chi connectivity index (χ0v) is 13.1. The molecule has 0 heterocycles. The molecule has 1 aromatic rings. The molecule has 0 fully saturated rings. The highest BCUT2D eigenvalue weighted by Crippen LogP contribution is 2.26. The third-order valence-corrected chi connectivity index (χ3v) is 3.95. The predicted octanol–water partition coefficient (Wildman–Crippen LogP) is 3.80. The van der Waals surface area contributed by atoms with Gasteiger partial charge in [-0.05, 0) is 39.5 Å². The summed E-state index contributed by atoms with van der Waals surface area (Å²) < 4.78 is 0.800. The Morgan fingerprint density at radius 2 is 2.11 bits per heavy atom. The van der Waals surface area contributed by atoms with Crippen molar-refractivity contribution in [3.05, 3.63) is 27.7 Å². The van der Waals surface area contributed by atoms with E-state index >= 15 is 0 Å². The van der Waals surface area contributed by atoms with Crippen LogP contribution in [-0.4, -0.2) is 11.9 Å². The molecule has 18 heavy (non-hydrogen) atoms. The highest BCUT2D eigenvalue weighted by atomic mass is 79.9. The predicted molar refractivity (Wildman–Crippen MR) is 79.8 cm³/mol. The first-order valence-corrected chi connectivity index (χ1v) is 6.87. The van der Waals surface area contributed by atoms with Gasteiger partial charge in [0.15, 0.2) is 0 Å². The molecule has 0 bridgehead atoms. The van der Waals surface area contributed by atoms with Gasteiger partial charge in [-0.3, -0.25) is 4.79 Å². The molecular weight excluding hydrogens is 316 g/mol. The maximum Gasteiger partial charge on any atom is 0.225 e. The van der Waals surface area contributed by atoms with E-state index in [2.05, 4.69) is 21.2 Å². The average molecular weight is 334 g/mol. The van der Waals surface area contributed by atoms with E-state index in [1.54, 1.807) is 18.2 Å². The van der Waals surface area contributed by atoms with Gasteiger partial charge in [0.25, 0.3) is 0 Å². The van der Waals surface area contributed by atoms with Crippen molar-refractivity contribution < 1.29 is 4.79 Å². The number of benzene rings is 1. The lowest BCUT2D eigenvalue weighted by molar-refractivity contribution is -0.117. The van der Waals surface area contributed by atoms with Crippen molar-refractivity contribution in [2.24, 2.45) is 11.1 Å². The fourth-order valence-corrected chi connectivity index (χ4v) is 1.72. The molecule has 3 nitrogen and oxygen atoms in total. The standard InChI is InChI=1S/C13H18BrClN2O/c1-13(2,3)11(16)7-12(18)17-8-4-5-9(14)10(15)6-8/h4-6,11H,7,16H2,1-3H3,(H,17,18). The van der Waals surface area contributed by atoms with E-state index in [0.717, 1.165) is 4.47 Å². The molecule has 1 atom stereocenters. The van der Waals surface area contributed by atoms with Crippen LogP contribution in [0.5, 0.6) is 0 Å². The van der Waals surface area contributed by atoms with Crippen molar-refractivity contribution in [2.75, 3.05) is 5.32 Å². The van der Waals surface area contributed by atoms with Crippen LogP contribution in [-0.2, 0) is 4.79 Å². The van der Waals surface area contributed by atoms with Crippen molar-refractivity contribution in [1.29, 1.82) is 0 Å². The van der Waals surface area contributed by atoms with E-state index < -0.39 is 0 Å². The lowest BCUT2D eigenvalue weighted by atomic mass is 9.85. The fraction of sp³-hybridized carbons (Fsp3) is 0.462. The Morgan fingerprint density at radius 1 is 1.50 bits per heavy atom. The van der Waals surface area contributed by atoms with Gasteiger partial charge in [0.05, 0.1) is 5.02 Å². The van der Waals surface area contributed by atoms with Gasteiger partial charge in [-0.15, -0.1) is 0 Å². The van der Waals surface area contributed by atoms with Gasteiger partial charge in [-0.25, -0.2) is 0 Å². The van der Waals surface area contributed by atoms with Gasteiger partial charge in [0.2, 0.25) is 5.91 Å². The number of anilines is 1. The second-order valence-corrected chi connectivity index (χ2v) is 6.62. The Kier molecular flexibility index (Phi) is 5.20. The normalized spacial score (nSPS) is 13.2. The van der Waals surface area contributed by atoms with Crippen molar-refractivity contribution >= 4 is 39.1 Å². The van der Waals surface area contributed by atoms with Crippen molar-refractivity contribution in [3.8, 4) is 0 Å². The lowest BCUT2D eigenvalue weighted by Gasteiger charge is -2.26. The SMILES string of the molecule is CC(C)(C)C(N)CC(=O)Nc1ccc(Br)c(Cl)c1. The first-order chi connectivity index (χ1) is 8.20. The number of nitrogens with two attached hydrogens (primary N) is 1. The van der Waals surface area contributed by atoms with Gasteiger partial charge in [-0.2, -0.15) is 0 Å². The van der Waals surface area contributed by atoms with Crippen LogP contribution >= 0.6 is 27.5 Å². The molecule has 1 amide bonds. The van der Waals surface area contributed by atoms with Crippen molar-refractivity contribution in [2.45, 2.75) is 33.2 Å². The maximum absolute atomic E-state index is 11.8. The van der Waals surface area contributed by atoms with Crippen LogP contribution in [0, 0.1) is 5.41 Å². The number of hydrogen-bond acceptors (Lipinski definition) is 2. The zero-order valence-electron chi connectivity index (χ0n) is 10.8. The highest BCUT2D eigenvalue weighted by Gasteiger charge is 2.23. The van der Waals surface area contributed by atoms with Gasteiger partial charge in [0.1, 0.15) is 0 Å². The summed E-state index contributed by atoms with van der Waals surface area (Å²) >= 11 is 9.25. The molecule has 1 unspecified atom stereocenters. The maximum atomic E-state index is 11.8. The fourth-order valence-electron chi connectivity index (χ4n) is 1.29. The average Bonchev–Trinajstić information content (AvgIpc) is 2.22. The molecule has 0 radical (unpaired) electrons. The first-order valence-electron chi connectivity index (χ1n) is 5.70. The Balaban J connectivity index is 2.62. The minimum Gasteiger partial charge on any atom is -0.327 e. The third kappa shape index (κ3) is 4.59. The Bertz CT molecular complexity index is 443. The second-order valence-electron chi connectivity index (χ2n) is 5.35. The molecule has 0 aliphatic carbocycles. The van der Waals surface area contributed by atoms with E-state index in [1.165, 1.54) is 0 Å². The number of nitrogens with one attached hydrogen (secondary N) is 1. The van der Waals surface area contributed by atoms with Crippen LogP contribution in [0.15, 0.2) is 22.7 Å². The Morgan fingerprint density at radius 3 is 2.61 bits per heavy atom. The third-order valence-electron chi connectivity index (χ3n) is 2.72. The summed E-state index contributed by atoms with van der Waals surface area (Å²) in [5.41, 5.74) is 6.55. The van der Waals surface area contributed by atoms with Gasteiger partial charge in [-0.1, -0.05) is 32.4 Å². The van der Waals surface area contributed by atoms with E-state index in [-0.39, 0.29) is 23.8 Å². The largest absolute Gasteiger partial charge is 0.327 e. The molecule has 0 aliphatic heterocycles. The summed E-state index contributed by atoms with van der Waals surface area (Å²) in [5.74, 6) is -0.101. The molecule has 0 aromatic heterocycles. The molecule has 5 heteroatoms. The minimum atomic E-state index is -0.177. The van der Waals surface area contributed by atoms with Crippen molar-refractivity contribution in [3.63, 3.8) is 0 Å². The summed E-state index contributed by atoms with van der Waals surface area (Å²) in [7, 11) is 0. The summed E-state index contributed by atoms with van der Waals surface area (Å²) in [6, 6.07) is 5.10. The Hall–Kier alpha value is -0.580. The van der Waals surface area contributed by atoms with Crippen LogP contribution in [0.25, 0.3) is 0 Å². The summed E-state index contributed by atoms with van der Waals surface area (Å²) in [6.07, 6.45) is 0.289. The summed E-state index contributed by atoms with van der Waals surface area (Å²) in [4.78, 5) is 11.8. The van der Waals surface area contributed by atoms with Gasteiger partial charge < -0.3 is 11.1 Å². The number of carbonyl (C=O) groups excluding carboxylic acids is 1. The smallest absolute Gasteiger partial charge is 0.225 e. The van der Waals surface area contributed by atoms with Crippen molar-refractivity contribution in [1.82, 2.24) is 0 Å². The van der Waals surface area contributed by atoms with Gasteiger partial charge >= 0.3 is 0 Å². The number of rotatable bonds is 3. The molecule has 0 spiro atoms. The summed E-state index contributed by atoms with van der Waals surface area (Å²) in [6.45, 7) is 6.05. The van der Waals surface area contributed by atoms with E-state index in [0.29, 0.717) is 10.7 Å². The highest BCUT2D eigenvalue weighted by molar-refractivity contribution is 9.10. The van der Waals surface area contributed by atoms with Crippen LogP contribution in [0.1, 0.15) is 27.2 Å². The van der Waals surface area contributed by atoms with E-state index in [9.17, 15) is 4.79 Å². The minimum absolute atomic E-state index is 0.0886. The lowest BCUT2D eigenvalue weighted by Crippen LogP contribution is -2.38.